The summed E-state index contributed by atoms with van der Waals surface area (Å²) in [6.45, 7) is 3.23. The van der Waals surface area contributed by atoms with Crippen LogP contribution in [-0.4, -0.2) is 39.6 Å². The first-order valence-corrected chi connectivity index (χ1v) is 10.5. The number of hydrogen-bond donors (Lipinski definition) is 1. The van der Waals surface area contributed by atoms with Crippen molar-refractivity contribution >= 4 is 26.4 Å². The van der Waals surface area contributed by atoms with Crippen LogP contribution in [0.2, 0.25) is 0 Å². The second-order valence-electron chi connectivity index (χ2n) is 6.77. The van der Waals surface area contributed by atoms with Crippen LogP contribution in [0.25, 0.3) is 10.9 Å². The molecule has 1 aliphatic rings. The molecule has 1 aromatic heterocycles. The van der Waals surface area contributed by atoms with Gasteiger partial charge in [0.25, 0.3) is 0 Å². The Morgan fingerprint density at radius 1 is 0.931 bits per heavy atom. The van der Waals surface area contributed by atoms with E-state index in [-0.39, 0.29) is 9.79 Å². The van der Waals surface area contributed by atoms with E-state index in [4.69, 9.17) is 0 Å². The van der Waals surface area contributed by atoms with Crippen molar-refractivity contribution in [2.45, 2.75) is 16.0 Å². The predicted molar refractivity (Wildman–Crippen MR) is 104 cm³/mol. The maximum absolute atomic E-state index is 13.0. The quantitative estimate of drug-likeness (QED) is 0.702. The van der Waals surface area contributed by atoms with Crippen LogP contribution in [0, 0.1) is 0 Å². The number of sulfone groups is 1. The number of alkyl halides is 3. The van der Waals surface area contributed by atoms with Gasteiger partial charge < -0.3 is 10.2 Å². The first-order valence-electron chi connectivity index (χ1n) is 9.03. The van der Waals surface area contributed by atoms with E-state index < -0.39 is 21.6 Å². The number of piperazine rings is 1. The second-order valence-corrected chi connectivity index (χ2v) is 8.72. The van der Waals surface area contributed by atoms with Crippen molar-refractivity contribution < 1.29 is 21.6 Å². The Kier molecular flexibility index (Phi) is 4.95. The lowest BCUT2D eigenvalue weighted by Crippen LogP contribution is -2.43. The average molecular weight is 421 g/mol. The number of fused-ring (bicyclic) bond motifs is 1. The van der Waals surface area contributed by atoms with Crippen molar-refractivity contribution in [1.29, 1.82) is 0 Å². The first kappa shape index (κ1) is 19.7. The Morgan fingerprint density at radius 2 is 1.59 bits per heavy atom. The number of anilines is 1. The molecule has 0 spiro atoms. The summed E-state index contributed by atoms with van der Waals surface area (Å²) in [5.41, 5.74) is 0.661. The van der Waals surface area contributed by atoms with E-state index in [0.717, 1.165) is 56.1 Å². The summed E-state index contributed by atoms with van der Waals surface area (Å²) < 4.78 is 64.3. The van der Waals surface area contributed by atoms with Gasteiger partial charge in [0.1, 0.15) is 0 Å². The molecule has 2 aromatic carbocycles. The van der Waals surface area contributed by atoms with E-state index in [1.807, 2.05) is 6.07 Å². The van der Waals surface area contributed by atoms with Crippen LogP contribution in [0.4, 0.5) is 18.9 Å². The van der Waals surface area contributed by atoms with E-state index in [9.17, 15) is 21.6 Å². The van der Waals surface area contributed by atoms with Gasteiger partial charge in [0.15, 0.2) is 0 Å². The average Bonchev–Trinajstić information content (AvgIpc) is 2.73. The highest BCUT2D eigenvalue weighted by Gasteiger charge is 2.31. The summed E-state index contributed by atoms with van der Waals surface area (Å²) in [5, 5.41) is 3.97. The number of benzene rings is 2. The smallest absolute Gasteiger partial charge is 0.368 e. The molecule has 1 aliphatic heterocycles. The molecule has 152 valence electrons. The third-order valence-electron chi connectivity index (χ3n) is 4.95. The molecule has 9 heteroatoms. The van der Waals surface area contributed by atoms with E-state index in [1.165, 1.54) is 6.07 Å². The number of hydrogen-bond acceptors (Lipinski definition) is 5. The van der Waals surface area contributed by atoms with Gasteiger partial charge in [-0.15, -0.1) is 0 Å². The van der Waals surface area contributed by atoms with Gasteiger partial charge in [0, 0.05) is 43.4 Å². The molecule has 1 saturated heterocycles. The van der Waals surface area contributed by atoms with Gasteiger partial charge in [-0.3, -0.25) is 4.98 Å². The molecule has 1 N–H and O–H groups in total. The summed E-state index contributed by atoms with van der Waals surface area (Å²) in [5.74, 6) is 0. The Morgan fingerprint density at radius 3 is 2.24 bits per heavy atom. The molecule has 0 aliphatic carbocycles. The molecule has 1 fully saturated rings. The van der Waals surface area contributed by atoms with Gasteiger partial charge in [0.05, 0.1) is 20.9 Å². The van der Waals surface area contributed by atoms with Gasteiger partial charge in [-0.2, -0.15) is 13.2 Å². The third-order valence-corrected chi connectivity index (χ3v) is 6.72. The Hall–Kier alpha value is -2.65. The van der Waals surface area contributed by atoms with Crippen LogP contribution in [0.3, 0.4) is 0 Å². The minimum atomic E-state index is -4.52. The highest BCUT2D eigenvalue weighted by atomic mass is 32.2. The summed E-state index contributed by atoms with van der Waals surface area (Å²) in [6.07, 6.45) is -2.83. The normalized spacial score (nSPS) is 15.6. The maximum atomic E-state index is 13.0. The van der Waals surface area contributed by atoms with Gasteiger partial charge in [-0.1, -0.05) is 0 Å². The van der Waals surface area contributed by atoms with Crippen LogP contribution in [0.15, 0.2) is 64.5 Å². The van der Waals surface area contributed by atoms with E-state index in [2.05, 4.69) is 15.2 Å². The van der Waals surface area contributed by atoms with E-state index in [0.29, 0.717) is 10.9 Å². The standard InChI is InChI=1S/C20H18F3N3O2S/c21-20(22,23)14-1-3-15(4-2-14)29(27,28)16-5-6-18-17(13-16)19(7-8-25-18)26-11-9-24-10-12-26/h1-8,13,24H,9-12H2. The number of nitrogens with one attached hydrogen (secondary N) is 1. The molecule has 0 amide bonds. The van der Waals surface area contributed by atoms with Crippen LogP contribution >= 0.6 is 0 Å². The SMILES string of the molecule is O=S(=O)(c1ccc(C(F)(F)F)cc1)c1ccc2nccc(N3CCNCC3)c2c1. The van der Waals surface area contributed by atoms with Crippen molar-refractivity contribution in [1.82, 2.24) is 10.3 Å². The summed E-state index contributed by atoms with van der Waals surface area (Å²) >= 11 is 0. The fraction of sp³-hybridized carbons (Fsp3) is 0.250. The predicted octanol–water partition coefficient (Wildman–Crippen LogP) is 3.50. The van der Waals surface area contributed by atoms with E-state index >= 15 is 0 Å². The molecule has 29 heavy (non-hydrogen) atoms. The molecule has 0 radical (unpaired) electrons. The zero-order valence-corrected chi connectivity index (χ0v) is 16.1. The van der Waals surface area contributed by atoms with Gasteiger partial charge >= 0.3 is 6.18 Å². The Balaban J connectivity index is 1.77. The van der Waals surface area contributed by atoms with Crippen molar-refractivity contribution in [2.24, 2.45) is 0 Å². The van der Waals surface area contributed by atoms with Crippen LogP contribution in [0.1, 0.15) is 5.56 Å². The van der Waals surface area contributed by atoms with Gasteiger partial charge in [0.2, 0.25) is 9.84 Å². The zero-order valence-electron chi connectivity index (χ0n) is 15.3. The number of nitrogens with zero attached hydrogens (tertiary/aromatic N) is 2. The molecule has 5 nitrogen and oxygen atoms in total. The monoisotopic (exact) mass is 421 g/mol. The second kappa shape index (κ2) is 7.31. The minimum absolute atomic E-state index is 0.0224. The molecule has 2 heterocycles. The molecule has 0 saturated carbocycles. The topological polar surface area (TPSA) is 62.3 Å². The number of pyridine rings is 1. The minimum Gasteiger partial charge on any atom is -0.368 e. The lowest BCUT2D eigenvalue weighted by atomic mass is 10.1. The van der Waals surface area contributed by atoms with Crippen LogP contribution in [-0.2, 0) is 16.0 Å². The van der Waals surface area contributed by atoms with Gasteiger partial charge in [-0.25, -0.2) is 8.42 Å². The zero-order chi connectivity index (χ0) is 20.6. The lowest BCUT2D eigenvalue weighted by molar-refractivity contribution is -0.137. The maximum Gasteiger partial charge on any atom is 0.416 e. The molecule has 0 unspecified atom stereocenters. The largest absolute Gasteiger partial charge is 0.416 e. The number of halogens is 3. The number of aromatic nitrogens is 1. The fourth-order valence-corrected chi connectivity index (χ4v) is 4.71. The lowest BCUT2D eigenvalue weighted by Gasteiger charge is -2.30. The Labute approximate surface area is 166 Å². The highest BCUT2D eigenvalue weighted by Crippen LogP contribution is 2.33. The Bertz CT molecular complexity index is 1140. The molecule has 4 rings (SSSR count). The van der Waals surface area contributed by atoms with Crippen molar-refractivity contribution in [3.8, 4) is 0 Å². The summed E-state index contributed by atoms with van der Waals surface area (Å²) in [7, 11) is -3.97. The molecular weight excluding hydrogens is 403 g/mol. The fourth-order valence-electron chi connectivity index (χ4n) is 3.42. The molecule has 0 atom stereocenters. The summed E-state index contributed by atoms with van der Waals surface area (Å²) in [6, 6.07) is 9.99. The first-order chi connectivity index (χ1) is 13.8. The van der Waals surface area contributed by atoms with Crippen LogP contribution < -0.4 is 10.2 Å². The van der Waals surface area contributed by atoms with Crippen molar-refractivity contribution in [3.63, 3.8) is 0 Å². The van der Waals surface area contributed by atoms with E-state index in [1.54, 1.807) is 18.3 Å². The van der Waals surface area contributed by atoms with Crippen molar-refractivity contribution in [2.75, 3.05) is 31.1 Å². The van der Waals surface area contributed by atoms with Crippen LogP contribution in [0.5, 0.6) is 0 Å². The molecule has 0 bridgehead atoms. The summed E-state index contributed by atoms with van der Waals surface area (Å²) in [4.78, 5) is 6.31. The molecule has 3 aromatic rings. The van der Waals surface area contributed by atoms with Crippen molar-refractivity contribution in [3.05, 3.63) is 60.3 Å². The highest BCUT2D eigenvalue weighted by molar-refractivity contribution is 7.91. The van der Waals surface area contributed by atoms with Gasteiger partial charge in [-0.05, 0) is 48.5 Å². The molecular formula is C20H18F3N3O2S. The number of rotatable bonds is 3. The third kappa shape index (κ3) is 3.79.